The minimum absolute atomic E-state index is 0.188. The molecule has 0 fully saturated rings. The summed E-state index contributed by atoms with van der Waals surface area (Å²) in [7, 11) is 0. The van der Waals surface area contributed by atoms with Gasteiger partial charge in [0.1, 0.15) is 11.2 Å². The lowest BCUT2D eigenvalue weighted by Gasteiger charge is -2.38. The van der Waals surface area contributed by atoms with Crippen molar-refractivity contribution in [2.75, 3.05) is 6.54 Å². The molecule has 0 saturated heterocycles. The molecule has 0 aliphatic carbocycles. The van der Waals surface area contributed by atoms with Crippen LogP contribution in [-0.4, -0.2) is 45.8 Å². The molecule has 1 rings (SSSR count). The number of hydrogen-bond acceptors (Lipinski definition) is 4. The summed E-state index contributed by atoms with van der Waals surface area (Å²) in [5.41, 5.74) is -0.456. The van der Waals surface area contributed by atoms with Crippen molar-refractivity contribution in [1.29, 1.82) is 0 Å². The van der Waals surface area contributed by atoms with E-state index in [1.54, 1.807) is 18.0 Å². The first-order chi connectivity index (χ1) is 9.80. The Bertz CT molecular complexity index is 472. The van der Waals surface area contributed by atoms with Gasteiger partial charge in [-0.2, -0.15) is 0 Å². The van der Waals surface area contributed by atoms with Gasteiger partial charge >= 0.3 is 12.2 Å². The summed E-state index contributed by atoms with van der Waals surface area (Å²) in [6, 6.07) is -0.188. The summed E-state index contributed by atoms with van der Waals surface area (Å²) in [5.74, 6) is 0. The molecule has 0 spiro atoms. The molecular formula is C16H28N2O4. The highest BCUT2D eigenvalue weighted by Gasteiger charge is 2.34. The van der Waals surface area contributed by atoms with Crippen molar-refractivity contribution in [2.45, 2.75) is 72.6 Å². The van der Waals surface area contributed by atoms with Gasteiger partial charge in [-0.05, 0) is 55.4 Å². The molecule has 1 unspecified atom stereocenters. The average Bonchev–Trinajstić information content (AvgIpc) is 2.22. The number of ether oxygens (including phenoxy) is 2. The normalized spacial score (nSPS) is 19.6. The van der Waals surface area contributed by atoms with Crippen LogP contribution in [0.3, 0.4) is 0 Å². The Labute approximate surface area is 133 Å². The summed E-state index contributed by atoms with van der Waals surface area (Å²) >= 11 is 0. The minimum Gasteiger partial charge on any atom is -0.443 e. The Morgan fingerprint density at radius 2 is 1.50 bits per heavy atom. The van der Waals surface area contributed by atoms with Gasteiger partial charge in [-0.3, -0.25) is 9.80 Å². The van der Waals surface area contributed by atoms with Gasteiger partial charge in [-0.25, -0.2) is 9.59 Å². The Balaban J connectivity index is 2.86. The number of allylic oxidation sites excluding steroid dienone is 1. The smallest absolute Gasteiger partial charge is 0.414 e. The van der Waals surface area contributed by atoms with Crippen molar-refractivity contribution in [3.63, 3.8) is 0 Å². The van der Waals surface area contributed by atoms with Crippen molar-refractivity contribution < 1.29 is 19.1 Å². The molecule has 22 heavy (non-hydrogen) atoms. The van der Waals surface area contributed by atoms with E-state index in [-0.39, 0.29) is 6.04 Å². The van der Waals surface area contributed by atoms with Crippen molar-refractivity contribution in [3.05, 3.63) is 11.9 Å². The molecule has 6 heteroatoms. The topological polar surface area (TPSA) is 59.1 Å². The van der Waals surface area contributed by atoms with Gasteiger partial charge in [0.05, 0.1) is 6.04 Å². The molecule has 0 aromatic rings. The van der Waals surface area contributed by atoms with E-state index in [4.69, 9.17) is 9.47 Å². The maximum absolute atomic E-state index is 12.3. The largest absolute Gasteiger partial charge is 0.443 e. The molecule has 0 saturated carbocycles. The lowest BCUT2D eigenvalue weighted by molar-refractivity contribution is 0.0101. The number of carbonyl (C=O) groups excluding carboxylic acids is 2. The molecule has 1 heterocycles. The van der Waals surface area contributed by atoms with Crippen LogP contribution in [0.4, 0.5) is 9.59 Å². The van der Waals surface area contributed by atoms with E-state index in [1.807, 2.05) is 48.5 Å². The molecular weight excluding hydrogens is 284 g/mol. The van der Waals surface area contributed by atoms with Gasteiger partial charge in [0.15, 0.2) is 0 Å². The lowest BCUT2D eigenvalue weighted by atomic mass is 10.2. The summed E-state index contributed by atoms with van der Waals surface area (Å²) < 4.78 is 10.8. The van der Waals surface area contributed by atoms with Crippen LogP contribution in [0.1, 0.15) is 55.4 Å². The Kier molecular flexibility index (Phi) is 5.15. The van der Waals surface area contributed by atoms with Crippen LogP contribution < -0.4 is 0 Å². The third kappa shape index (κ3) is 5.24. The van der Waals surface area contributed by atoms with Gasteiger partial charge in [-0.15, -0.1) is 0 Å². The third-order valence-electron chi connectivity index (χ3n) is 2.84. The van der Waals surface area contributed by atoms with E-state index < -0.39 is 23.4 Å². The van der Waals surface area contributed by atoms with Gasteiger partial charge in [0.2, 0.25) is 0 Å². The van der Waals surface area contributed by atoms with E-state index >= 15 is 0 Å². The molecule has 0 aromatic heterocycles. The fraction of sp³-hybridized carbons (Fsp3) is 0.750. The van der Waals surface area contributed by atoms with Crippen LogP contribution in [0, 0.1) is 0 Å². The SMILES string of the molecule is CC1=CN(C(=O)OC(C)(C)C)CC(C)N1C(=O)OC(C)(C)C. The molecule has 126 valence electrons. The maximum Gasteiger partial charge on any atom is 0.414 e. The highest BCUT2D eigenvalue weighted by molar-refractivity contribution is 5.73. The summed E-state index contributed by atoms with van der Waals surface area (Å²) in [4.78, 5) is 27.5. The predicted octanol–water partition coefficient (Wildman–Crippen LogP) is 3.72. The summed E-state index contributed by atoms with van der Waals surface area (Å²) in [6.45, 7) is 15.0. The molecule has 0 aromatic carbocycles. The van der Waals surface area contributed by atoms with Gasteiger partial charge in [0.25, 0.3) is 0 Å². The number of nitrogens with zero attached hydrogens (tertiary/aromatic N) is 2. The highest BCUT2D eigenvalue weighted by Crippen LogP contribution is 2.23. The molecule has 1 aliphatic heterocycles. The second-order valence-electron chi connectivity index (χ2n) is 7.60. The second kappa shape index (κ2) is 6.18. The van der Waals surface area contributed by atoms with Gasteiger partial charge < -0.3 is 9.47 Å². The van der Waals surface area contributed by atoms with Gasteiger partial charge in [0, 0.05) is 18.4 Å². The Morgan fingerprint density at radius 1 is 1.05 bits per heavy atom. The third-order valence-corrected chi connectivity index (χ3v) is 2.84. The zero-order valence-electron chi connectivity index (χ0n) is 14.9. The lowest BCUT2D eigenvalue weighted by Crippen LogP contribution is -2.50. The fourth-order valence-corrected chi connectivity index (χ4v) is 2.14. The van der Waals surface area contributed by atoms with Gasteiger partial charge in [-0.1, -0.05) is 0 Å². The van der Waals surface area contributed by atoms with Crippen LogP contribution in [0.25, 0.3) is 0 Å². The summed E-state index contributed by atoms with van der Waals surface area (Å²) in [5, 5.41) is 0. The van der Waals surface area contributed by atoms with Crippen molar-refractivity contribution >= 4 is 12.2 Å². The maximum atomic E-state index is 12.3. The van der Waals surface area contributed by atoms with Crippen molar-refractivity contribution in [1.82, 2.24) is 9.80 Å². The molecule has 6 nitrogen and oxygen atoms in total. The summed E-state index contributed by atoms with van der Waals surface area (Å²) in [6.07, 6.45) is 0.804. The fourth-order valence-electron chi connectivity index (χ4n) is 2.14. The predicted molar refractivity (Wildman–Crippen MR) is 84.2 cm³/mol. The van der Waals surface area contributed by atoms with E-state index in [0.717, 1.165) is 0 Å². The Morgan fingerprint density at radius 3 is 1.91 bits per heavy atom. The number of amides is 2. The number of rotatable bonds is 0. The quantitative estimate of drug-likeness (QED) is 0.684. The molecule has 0 N–H and O–H groups in total. The zero-order valence-corrected chi connectivity index (χ0v) is 14.9. The second-order valence-corrected chi connectivity index (χ2v) is 7.60. The first-order valence-electron chi connectivity index (χ1n) is 7.50. The molecule has 0 bridgehead atoms. The van der Waals surface area contributed by atoms with E-state index in [1.165, 1.54) is 4.90 Å². The minimum atomic E-state index is -0.556. The molecule has 1 aliphatic rings. The monoisotopic (exact) mass is 312 g/mol. The van der Waals surface area contributed by atoms with Crippen molar-refractivity contribution in [2.24, 2.45) is 0 Å². The van der Waals surface area contributed by atoms with E-state index in [2.05, 4.69) is 0 Å². The highest BCUT2D eigenvalue weighted by atomic mass is 16.6. The van der Waals surface area contributed by atoms with Crippen LogP contribution in [0.5, 0.6) is 0 Å². The first kappa shape index (κ1) is 18.3. The zero-order chi connectivity index (χ0) is 17.3. The standard InChI is InChI=1S/C16H28N2O4/c1-11-9-17(13(19)21-15(3,4)5)10-12(2)18(11)14(20)22-16(6,7)8/h9,12H,10H2,1-8H3. The number of carbonyl (C=O) groups is 2. The van der Waals surface area contributed by atoms with E-state index in [0.29, 0.717) is 12.2 Å². The van der Waals surface area contributed by atoms with Crippen LogP contribution in [0.15, 0.2) is 11.9 Å². The Hall–Kier alpha value is -1.72. The van der Waals surface area contributed by atoms with Crippen LogP contribution in [0.2, 0.25) is 0 Å². The average molecular weight is 312 g/mol. The van der Waals surface area contributed by atoms with Crippen molar-refractivity contribution in [3.8, 4) is 0 Å². The molecule has 1 atom stereocenters. The van der Waals surface area contributed by atoms with Crippen LogP contribution >= 0.6 is 0 Å². The molecule has 2 amide bonds. The molecule has 0 radical (unpaired) electrons. The first-order valence-corrected chi connectivity index (χ1v) is 7.50. The van der Waals surface area contributed by atoms with Crippen LogP contribution in [-0.2, 0) is 9.47 Å². The number of hydrogen-bond donors (Lipinski definition) is 0. The van der Waals surface area contributed by atoms with E-state index in [9.17, 15) is 9.59 Å².